The molecule has 1 fully saturated rings. The van der Waals surface area contributed by atoms with Crippen molar-refractivity contribution < 1.29 is 4.79 Å². The fourth-order valence-corrected chi connectivity index (χ4v) is 3.29. The summed E-state index contributed by atoms with van der Waals surface area (Å²) < 4.78 is 3.35. The van der Waals surface area contributed by atoms with Crippen LogP contribution in [0.15, 0.2) is 29.5 Å². The lowest BCUT2D eigenvalue weighted by atomic mass is 10.1. The summed E-state index contributed by atoms with van der Waals surface area (Å²) in [4.78, 5) is 30.3. The molecule has 0 aromatic carbocycles. The number of hydrogen-bond acceptors (Lipinski definition) is 5. The van der Waals surface area contributed by atoms with E-state index in [-0.39, 0.29) is 11.5 Å². The van der Waals surface area contributed by atoms with Gasteiger partial charge in [0.05, 0.1) is 11.9 Å². The molecule has 1 aliphatic rings. The summed E-state index contributed by atoms with van der Waals surface area (Å²) in [5.41, 5.74) is 0.749. The maximum absolute atomic E-state index is 12.1. The minimum Gasteiger partial charge on any atom is -0.370 e. The van der Waals surface area contributed by atoms with Crippen LogP contribution in [0.5, 0.6) is 0 Å². The highest BCUT2D eigenvalue weighted by atomic mass is 16.1. The van der Waals surface area contributed by atoms with E-state index in [1.807, 2.05) is 10.8 Å². The monoisotopic (exact) mass is 358 g/mol. The van der Waals surface area contributed by atoms with Crippen LogP contribution in [-0.4, -0.2) is 44.9 Å². The molecule has 140 valence electrons. The summed E-state index contributed by atoms with van der Waals surface area (Å²) in [5.74, 6) is 1.46. The SMILES string of the molecule is CCc1nccn1CCC(=O)NC[C@H]1CCN(c2cnn(C)c(=O)c2)C1. The van der Waals surface area contributed by atoms with Crippen molar-refractivity contribution in [1.29, 1.82) is 0 Å². The van der Waals surface area contributed by atoms with Crippen molar-refractivity contribution in [3.8, 4) is 0 Å². The standard InChI is InChI=1S/C18H26N6O2/c1-3-16-19-6-9-23(16)8-5-17(25)20-11-14-4-7-24(13-14)15-10-18(26)22(2)21-12-15/h6,9-10,12,14H,3-5,7-8,11,13H2,1-2H3,(H,20,25)/t14-/m1/s1. The molecule has 0 spiro atoms. The van der Waals surface area contributed by atoms with Crippen LogP contribution in [-0.2, 0) is 24.8 Å². The van der Waals surface area contributed by atoms with Crippen molar-refractivity contribution in [3.63, 3.8) is 0 Å². The zero-order valence-electron chi connectivity index (χ0n) is 15.4. The topological polar surface area (TPSA) is 85.1 Å². The number of rotatable bonds is 7. The van der Waals surface area contributed by atoms with Gasteiger partial charge in [0.2, 0.25) is 5.91 Å². The molecule has 1 saturated heterocycles. The molecule has 0 unspecified atom stereocenters. The fraction of sp³-hybridized carbons (Fsp3) is 0.556. The van der Waals surface area contributed by atoms with Gasteiger partial charge in [-0.1, -0.05) is 6.92 Å². The van der Waals surface area contributed by atoms with Crippen molar-refractivity contribution in [1.82, 2.24) is 24.6 Å². The lowest BCUT2D eigenvalue weighted by molar-refractivity contribution is -0.121. The zero-order chi connectivity index (χ0) is 18.5. The van der Waals surface area contributed by atoms with Gasteiger partial charge in [-0.3, -0.25) is 9.59 Å². The number of hydrogen-bond donors (Lipinski definition) is 1. The zero-order valence-corrected chi connectivity index (χ0v) is 15.4. The first-order valence-corrected chi connectivity index (χ1v) is 9.12. The largest absolute Gasteiger partial charge is 0.370 e. The van der Waals surface area contributed by atoms with Gasteiger partial charge >= 0.3 is 0 Å². The first-order valence-electron chi connectivity index (χ1n) is 9.12. The molecule has 8 heteroatoms. The van der Waals surface area contributed by atoms with Gasteiger partial charge in [0.15, 0.2) is 0 Å². The van der Waals surface area contributed by atoms with E-state index in [4.69, 9.17) is 0 Å². The molecular formula is C18H26N6O2. The number of anilines is 1. The molecule has 1 N–H and O–H groups in total. The maximum atomic E-state index is 12.1. The number of nitrogens with one attached hydrogen (secondary N) is 1. The number of aryl methyl sites for hydroxylation is 3. The summed E-state index contributed by atoms with van der Waals surface area (Å²) in [6, 6.07) is 1.62. The van der Waals surface area contributed by atoms with E-state index in [1.54, 1.807) is 25.5 Å². The quantitative estimate of drug-likeness (QED) is 0.782. The molecule has 0 radical (unpaired) electrons. The predicted octanol–water partition coefficient (Wildman–Crippen LogP) is 0.572. The molecule has 2 aromatic rings. The minimum atomic E-state index is -0.106. The summed E-state index contributed by atoms with van der Waals surface area (Å²) in [6.45, 7) is 5.09. The molecule has 1 amide bonds. The number of carbonyl (C=O) groups is 1. The lowest BCUT2D eigenvalue weighted by Gasteiger charge is -2.18. The normalized spacial score (nSPS) is 16.8. The Labute approximate surface area is 152 Å². The van der Waals surface area contributed by atoms with Crippen LogP contribution in [0.2, 0.25) is 0 Å². The Bertz CT molecular complexity index is 812. The third-order valence-electron chi connectivity index (χ3n) is 4.89. The van der Waals surface area contributed by atoms with E-state index in [2.05, 4.69) is 27.2 Å². The molecule has 3 rings (SSSR count). The lowest BCUT2D eigenvalue weighted by Crippen LogP contribution is -2.32. The smallest absolute Gasteiger partial charge is 0.268 e. The molecule has 8 nitrogen and oxygen atoms in total. The molecule has 3 heterocycles. The third kappa shape index (κ3) is 4.30. The maximum Gasteiger partial charge on any atom is 0.268 e. The molecule has 0 saturated carbocycles. The predicted molar refractivity (Wildman–Crippen MR) is 99.0 cm³/mol. The van der Waals surface area contributed by atoms with Crippen molar-refractivity contribution in [2.75, 3.05) is 24.5 Å². The average Bonchev–Trinajstić information content (AvgIpc) is 3.29. The number of nitrogens with zero attached hydrogens (tertiary/aromatic N) is 5. The van der Waals surface area contributed by atoms with Gasteiger partial charge in [-0.15, -0.1) is 0 Å². The van der Waals surface area contributed by atoms with Crippen LogP contribution in [0.4, 0.5) is 5.69 Å². The molecule has 26 heavy (non-hydrogen) atoms. The Morgan fingerprint density at radius 2 is 2.27 bits per heavy atom. The molecular weight excluding hydrogens is 332 g/mol. The Kier molecular flexibility index (Phi) is 5.70. The summed E-state index contributed by atoms with van der Waals surface area (Å²) in [6.07, 6.45) is 7.73. The average molecular weight is 358 g/mol. The van der Waals surface area contributed by atoms with E-state index >= 15 is 0 Å². The van der Waals surface area contributed by atoms with Gasteiger partial charge in [0, 0.05) is 64.5 Å². The van der Waals surface area contributed by atoms with Crippen molar-refractivity contribution in [2.45, 2.75) is 32.7 Å². The molecule has 1 aliphatic heterocycles. The van der Waals surface area contributed by atoms with E-state index in [0.29, 0.717) is 25.4 Å². The van der Waals surface area contributed by atoms with Gasteiger partial charge in [0.25, 0.3) is 5.56 Å². The highest BCUT2D eigenvalue weighted by Gasteiger charge is 2.23. The summed E-state index contributed by atoms with van der Waals surface area (Å²) in [5, 5.41) is 7.11. The van der Waals surface area contributed by atoms with Gasteiger partial charge in [-0.25, -0.2) is 9.67 Å². The number of aromatic nitrogens is 4. The van der Waals surface area contributed by atoms with Crippen molar-refractivity contribution in [3.05, 3.63) is 40.8 Å². The molecule has 2 aromatic heterocycles. The van der Waals surface area contributed by atoms with Gasteiger partial charge in [-0.2, -0.15) is 5.10 Å². The van der Waals surface area contributed by atoms with Crippen LogP contribution in [0.1, 0.15) is 25.6 Å². The number of carbonyl (C=O) groups excluding carboxylic acids is 1. The Balaban J connectivity index is 1.43. The van der Waals surface area contributed by atoms with Gasteiger partial charge in [0.1, 0.15) is 5.82 Å². The Morgan fingerprint density at radius 3 is 3.04 bits per heavy atom. The second-order valence-electron chi connectivity index (χ2n) is 6.72. The van der Waals surface area contributed by atoms with Crippen LogP contribution < -0.4 is 15.8 Å². The first-order chi connectivity index (χ1) is 12.6. The van der Waals surface area contributed by atoms with Crippen molar-refractivity contribution in [2.24, 2.45) is 13.0 Å². The number of imidazole rings is 1. The third-order valence-corrected chi connectivity index (χ3v) is 4.89. The van der Waals surface area contributed by atoms with Crippen LogP contribution >= 0.6 is 0 Å². The van der Waals surface area contributed by atoms with Gasteiger partial charge in [-0.05, 0) is 12.3 Å². The Morgan fingerprint density at radius 1 is 1.42 bits per heavy atom. The highest BCUT2D eigenvalue weighted by molar-refractivity contribution is 5.75. The first kappa shape index (κ1) is 18.2. The Hall–Kier alpha value is -2.64. The number of amides is 1. The molecule has 0 bridgehead atoms. The van der Waals surface area contributed by atoms with E-state index < -0.39 is 0 Å². The van der Waals surface area contributed by atoms with Crippen LogP contribution in [0.3, 0.4) is 0 Å². The molecule has 1 atom stereocenters. The van der Waals surface area contributed by atoms with E-state index in [0.717, 1.165) is 37.4 Å². The highest BCUT2D eigenvalue weighted by Crippen LogP contribution is 2.21. The van der Waals surface area contributed by atoms with Gasteiger partial charge < -0.3 is 14.8 Å². The summed E-state index contributed by atoms with van der Waals surface area (Å²) >= 11 is 0. The van der Waals surface area contributed by atoms with Crippen molar-refractivity contribution >= 4 is 11.6 Å². The molecule has 0 aliphatic carbocycles. The van der Waals surface area contributed by atoms with E-state index in [9.17, 15) is 9.59 Å². The fourth-order valence-electron chi connectivity index (χ4n) is 3.29. The second kappa shape index (κ2) is 8.16. The van der Waals surface area contributed by atoms with E-state index in [1.165, 1.54) is 4.68 Å². The second-order valence-corrected chi connectivity index (χ2v) is 6.72. The van der Waals surface area contributed by atoms with Crippen LogP contribution in [0.25, 0.3) is 0 Å². The van der Waals surface area contributed by atoms with Crippen LogP contribution in [0, 0.1) is 5.92 Å². The minimum absolute atomic E-state index is 0.0643. The summed E-state index contributed by atoms with van der Waals surface area (Å²) in [7, 11) is 1.64.